The second-order valence-electron chi connectivity index (χ2n) is 41.3. The molecule has 0 aliphatic carbocycles. The molecule has 15 rings (SSSR count). The molecule has 29 nitrogen and oxygen atoms in total. The maximum Gasteiger partial charge on any atom is 0.225 e. The highest BCUT2D eigenvalue weighted by molar-refractivity contribution is 7.17. The maximum atomic E-state index is 13.5. The van der Waals surface area contributed by atoms with Crippen LogP contribution in [0, 0.1) is 68.1 Å². The highest BCUT2D eigenvalue weighted by Crippen LogP contribution is 2.35. The number of thiophene rings is 1. The fraction of sp³-hybridized carbons (Fsp3) is 0.383. The maximum absolute atomic E-state index is 13.5. The predicted molar refractivity (Wildman–Crippen MR) is 644 cm³/mol. The summed E-state index contributed by atoms with van der Waals surface area (Å²) in [6, 6.07) is 48.4. The van der Waals surface area contributed by atoms with Crippen molar-refractivity contribution in [2.75, 3.05) is 74.4 Å². The highest BCUT2D eigenvalue weighted by atomic mass is 35.5. The van der Waals surface area contributed by atoms with Gasteiger partial charge in [-0.2, -0.15) is 34.9 Å². The number of hydrogen-bond donors (Lipinski definition) is 14. The summed E-state index contributed by atoms with van der Waals surface area (Å²) >= 11 is 19.4. The molecule has 9 aromatic heterocycles. The van der Waals surface area contributed by atoms with Crippen molar-refractivity contribution in [3.8, 4) is 0 Å². The molecule has 0 atom stereocenters. The van der Waals surface area contributed by atoms with Crippen molar-refractivity contribution in [3.05, 3.63) is 284 Å². The molecule has 0 aliphatic heterocycles. The number of aryl methyl sites for hydroxylation is 9. The first-order valence-corrected chi connectivity index (χ1v) is 48.6. The lowest BCUT2D eigenvalue weighted by atomic mass is 10.1. The standard InChI is InChI=1S/C17H20N4S.C16H21ClN4.C16H22N4.C15H18ClFN4.C15H19ClN4.C15H20N4.C14H19N5.7CH4/c1-11-9-18-16(21-17(2,3)4)20-15(11)19-13-10-22-14-8-6-5-7-12(13)14;1-10-8-12(6-7-13(10)17)19-14-11(2)9-18-15(20-14)21-16(3,4)5;1-11-6-8-13(9-7-11)18-14-12(2)10-17-15(19-14)20-16(3,4)5;1-9-8-18-14(21-15(2,3)4)20-13(9)19-10-5-6-11(16)12(17)7-10;1-10-9-17-14(20-15(2,3)4)19-13(10)18-12-7-5-6-11(16)8-12;1-11-10-16-14(19-15(2,3)4)18-13(11)17-12-8-6-5-7-9-12;1-10-8-16-13(19-14(2,3)4)18-12(10)17-11-6-5-7-15-9-11;;;;;;;/h5-10H,1-4H3,(H2,18,19,20,21);6-9H,1-5H3,(H2,18,19,20,21);6-10H,1-5H3,(H2,17,18,19,20);5-8H,1-4H3,(H2,18,19,20,21);5-9H,1-4H3,(H2,17,18,19,20);5-10H,1-4H3,(H2,16,17,18,19);5-9H,1-4H3,(H2,16,17,18,19);7*1H4. The molecule has 14 N–H and O–H groups in total. The first-order chi connectivity index (χ1) is 66.4. The van der Waals surface area contributed by atoms with Crippen LogP contribution < -0.4 is 74.4 Å². The second kappa shape index (κ2) is 58.7. The third-order valence-corrected chi connectivity index (χ3v) is 20.8. The minimum absolute atomic E-state index is 0. The van der Waals surface area contributed by atoms with Crippen molar-refractivity contribution in [3.63, 3.8) is 0 Å². The normalized spacial score (nSPS) is 10.8. The Bertz CT molecular complexity index is 6390. The number of hydrogen-bond acceptors (Lipinski definition) is 30. The lowest BCUT2D eigenvalue weighted by Crippen LogP contribution is -2.27. The average Bonchev–Trinajstić information content (AvgIpc) is 1.62. The van der Waals surface area contributed by atoms with Crippen LogP contribution in [0.1, 0.15) is 247 Å². The molecule has 15 aromatic rings. The Balaban J connectivity index is 0.000000583. The Morgan fingerprint density at radius 1 is 0.255 bits per heavy atom. The van der Waals surface area contributed by atoms with E-state index in [4.69, 9.17) is 34.8 Å². The number of fused-ring (bicyclic) bond motifs is 1. The van der Waals surface area contributed by atoms with Gasteiger partial charge in [0.2, 0.25) is 41.6 Å². The van der Waals surface area contributed by atoms with Crippen LogP contribution in [0.5, 0.6) is 0 Å². The van der Waals surface area contributed by atoms with Crippen molar-refractivity contribution in [2.45, 2.75) is 298 Å². The van der Waals surface area contributed by atoms with Crippen LogP contribution in [0.2, 0.25) is 15.1 Å². The molecule has 34 heteroatoms. The minimum atomic E-state index is -0.471. The van der Waals surface area contributed by atoms with E-state index in [1.54, 1.807) is 48.4 Å². The zero-order chi connectivity index (χ0) is 104. The van der Waals surface area contributed by atoms with E-state index in [0.717, 1.165) is 119 Å². The number of anilines is 21. The average molecular weight is 2110 g/mol. The summed E-state index contributed by atoms with van der Waals surface area (Å²) in [5.74, 6) is 9.26. The van der Waals surface area contributed by atoms with Gasteiger partial charge < -0.3 is 74.4 Å². The first kappa shape index (κ1) is 131. The van der Waals surface area contributed by atoms with Crippen LogP contribution in [0.15, 0.2) is 213 Å². The monoisotopic (exact) mass is 2110 g/mol. The minimum Gasteiger partial charge on any atom is -0.350 e. The molecule has 0 amide bonds. The van der Waals surface area contributed by atoms with Gasteiger partial charge >= 0.3 is 0 Å². The van der Waals surface area contributed by atoms with Crippen LogP contribution in [0.25, 0.3) is 10.1 Å². The number of nitrogens with one attached hydrogen (secondary N) is 14. The van der Waals surface area contributed by atoms with Gasteiger partial charge in [-0.15, -0.1) is 11.3 Å². The van der Waals surface area contributed by atoms with E-state index in [9.17, 15) is 4.39 Å². The fourth-order valence-corrected chi connectivity index (χ4v) is 13.5. The molecule has 0 aliphatic rings. The molecule has 0 saturated heterocycles. The molecule has 0 saturated carbocycles. The summed E-state index contributed by atoms with van der Waals surface area (Å²) in [5.41, 5.74) is 15.1. The van der Waals surface area contributed by atoms with Gasteiger partial charge in [-0.1, -0.05) is 147 Å². The van der Waals surface area contributed by atoms with Crippen LogP contribution in [-0.2, 0) is 0 Å². The van der Waals surface area contributed by atoms with Crippen LogP contribution in [0.4, 0.5) is 127 Å². The fourth-order valence-electron chi connectivity index (χ4n) is 12.2. The lowest BCUT2D eigenvalue weighted by Gasteiger charge is -2.21. The number of halogens is 4. The third kappa shape index (κ3) is 47.4. The van der Waals surface area contributed by atoms with E-state index < -0.39 is 5.82 Å². The number of nitrogens with zero attached hydrogens (tertiary/aromatic N) is 15. The van der Waals surface area contributed by atoms with E-state index in [1.165, 1.54) is 27.8 Å². The molecule has 0 fully saturated rings. The van der Waals surface area contributed by atoms with E-state index in [0.29, 0.717) is 58.2 Å². The Labute approximate surface area is 908 Å². The Morgan fingerprint density at radius 2 is 0.530 bits per heavy atom. The summed E-state index contributed by atoms with van der Waals surface area (Å²) in [5, 5.41) is 50.7. The van der Waals surface area contributed by atoms with Crippen LogP contribution in [0.3, 0.4) is 0 Å². The van der Waals surface area contributed by atoms with Gasteiger partial charge in [0.15, 0.2) is 0 Å². The van der Waals surface area contributed by atoms with E-state index >= 15 is 0 Å². The summed E-state index contributed by atoms with van der Waals surface area (Å²) in [7, 11) is 0. The first-order valence-electron chi connectivity index (χ1n) is 46.6. The van der Waals surface area contributed by atoms with Gasteiger partial charge in [0, 0.05) is 181 Å². The third-order valence-electron chi connectivity index (χ3n) is 18.9. The second-order valence-corrected chi connectivity index (χ2v) is 43.5. The number of rotatable bonds is 21. The summed E-state index contributed by atoms with van der Waals surface area (Å²) in [6.45, 7) is 61.4. The topological polar surface area (TPSA) is 362 Å². The van der Waals surface area contributed by atoms with Gasteiger partial charge in [-0.05, 0) is 310 Å². The largest absolute Gasteiger partial charge is 0.350 e. The van der Waals surface area contributed by atoms with Gasteiger partial charge in [-0.3, -0.25) is 4.98 Å². The molecular weight excluding hydrogens is 1940 g/mol. The SMILES string of the molecule is C.C.C.C.C.C.C.Cc1cc(Nc2nc(NC(C)(C)C)ncc2C)ccc1Cl.Cc1ccc(Nc2nc(NC(C)(C)C)ncc2C)cc1.Cc1cnc(NC(C)(C)C)nc1Nc1ccc(Cl)c(F)c1.Cc1cnc(NC(C)(C)C)nc1Nc1cccc(Cl)c1.Cc1cnc(NC(C)(C)C)nc1Nc1ccccc1.Cc1cnc(NC(C)(C)C)nc1Nc1cccnc1.Cc1cnc(NC(C)(C)C)nc1Nc1csc2ccccc12. The van der Waals surface area contributed by atoms with Gasteiger partial charge in [0.1, 0.15) is 46.5 Å². The smallest absolute Gasteiger partial charge is 0.225 e. The van der Waals surface area contributed by atoms with Gasteiger partial charge in [-0.25, -0.2) is 39.3 Å². The van der Waals surface area contributed by atoms with Crippen LogP contribution in [-0.4, -0.2) is 114 Å². The van der Waals surface area contributed by atoms with Gasteiger partial charge in [0.25, 0.3) is 0 Å². The molecule has 6 aromatic carbocycles. The summed E-state index contributed by atoms with van der Waals surface area (Å²) < 4.78 is 14.7. The molecule has 0 spiro atoms. The lowest BCUT2D eigenvalue weighted by molar-refractivity contribution is 0.625. The Kier molecular flexibility index (Phi) is 51.6. The van der Waals surface area contributed by atoms with E-state index in [-0.39, 0.29) is 95.8 Å². The summed E-state index contributed by atoms with van der Waals surface area (Å²) in [6.07, 6.45) is 16.1. The van der Waals surface area contributed by atoms with Crippen molar-refractivity contribution in [1.29, 1.82) is 0 Å². The molecule has 0 bridgehead atoms. The quantitative estimate of drug-likeness (QED) is 0.0318. The highest BCUT2D eigenvalue weighted by Gasteiger charge is 2.22. The number of para-hydroxylation sites is 1. The van der Waals surface area contributed by atoms with Crippen molar-refractivity contribution >= 4 is 178 Å². The summed E-state index contributed by atoms with van der Waals surface area (Å²) in [4.78, 5) is 65.8. The molecule has 806 valence electrons. The molecule has 0 radical (unpaired) electrons. The van der Waals surface area contributed by atoms with Crippen molar-refractivity contribution in [1.82, 2.24) is 74.8 Å². The number of pyridine rings is 1. The molecule has 0 unspecified atom stereocenters. The van der Waals surface area contributed by atoms with Gasteiger partial charge in [0.05, 0.1) is 22.6 Å². The van der Waals surface area contributed by atoms with Crippen molar-refractivity contribution < 1.29 is 4.39 Å². The van der Waals surface area contributed by atoms with Crippen molar-refractivity contribution in [2.24, 2.45) is 0 Å². The molecule has 149 heavy (non-hydrogen) atoms. The Hall–Kier alpha value is -14.0. The zero-order valence-electron chi connectivity index (χ0n) is 87.3. The number of aromatic nitrogens is 15. The van der Waals surface area contributed by atoms with Crippen LogP contribution >= 0.6 is 46.1 Å². The number of benzene rings is 6. The zero-order valence-corrected chi connectivity index (χ0v) is 90.4. The van der Waals surface area contributed by atoms with E-state index in [2.05, 4.69) is 323 Å². The predicted octanol–water partition coefficient (Wildman–Crippen LogP) is 34.0. The molecule has 9 heterocycles. The molecular formula is C115H167Cl3FN29S. The Morgan fingerprint density at radius 3 is 0.846 bits per heavy atom. The van der Waals surface area contributed by atoms with E-state index in [1.807, 2.05) is 198 Å².